The zero-order chi connectivity index (χ0) is 23.7. The smallest absolute Gasteiger partial charge is 0.274 e. The molecule has 33 heavy (non-hydrogen) atoms. The molecule has 6 heteroatoms. The molecule has 2 heterocycles. The summed E-state index contributed by atoms with van der Waals surface area (Å²) in [5, 5.41) is 29.7. The van der Waals surface area contributed by atoms with Gasteiger partial charge in [0, 0.05) is 35.1 Å². The molecular formula is C27H29N3O3-2. The number of hydrogen-bond donors (Lipinski definition) is 1. The van der Waals surface area contributed by atoms with Crippen molar-refractivity contribution in [2.45, 2.75) is 51.2 Å². The van der Waals surface area contributed by atoms with Gasteiger partial charge >= 0.3 is 0 Å². The van der Waals surface area contributed by atoms with Crippen molar-refractivity contribution in [3.63, 3.8) is 0 Å². The molecule has 2 aliphatic rings. The van der Waals surface area contributed by atoms with Gasteiger partial charge in [-0.25, -0.2) is 4.68 Å². The van der Waals surface area contributed by atoms with Crippen molar-refractivity contribution < 1.29 is 10.2 Å². The van der Waals surface area contributed by atoms with Crippen LogP contribution in [0.15, 0.2) is 65.1 Å². The van der Waals surface area contributed by atoms with Gasteiger partial charge in [-0.05, 0) is 49.4 Å². The number of nitrogens with zero attached hydrogens (tertiary/aromatic N) is 2. The Kier molecular flexibility index (Phi) is 4.92. The molecule has 3 aromatic rings. The maximum absolute atomic E-state index is 13.3. The van der Waals surface area contributed by atoms with Crippen LogP contribution in [0.4, 0.5) is 5.69 Å². The van der Waals surface area contributed by atoms with Crippen LogP contribution in [0.2, 0.25) is 0 Å². The standard InChI is InChI=1S/C27H29N3O3/c1-15-10-12-17(13-11-15)30-26(33)22(16(2)28-30)23-24(31)18(25(23)32)14-21-27(3,4)19-8-6-7-9-20(19)29(21)5/h6-14,18,23-25,28H,1-5H3/q-2. The van der Waals surface area contributed by atoms with Crippen molar-refractivity contribution >= 4 is 5.69 Å². The summed E-state index contributed by atoms with van der Waals surface area (Å²) in [4.78, 5) is 15.3. The monoisotopic (exact) mass is 443 g/mol. The summed E-state index contributed by atoms with van der Waals surface area (Å²) in [5.41, 5.74) is 5.34. The molecule has 1 N–H and O–H groups in total. The van der Waals surface area contributed by atoms with Crippen molar-refractivity contribution in [2.75, 3.05) is 11.9 Å². The van der Waals surface area contributed by atoms with Gasteiger partial charge in [0.05, 0.1) is 5.69 Å². The van der Waals surface area contributed by atoms with Crippen LogP contribution in [-0.2, 0) is 5.41 Å². The Bertz CT molecular complexity index is 1290. The van der Waals surface area contributed by atoms with E-state index in [0.29, 0.717) is 16.9 Å². The number of nitrogens with one attached hydrogen (secondary N) is 1. The third-order valence-corrected chi connectivity index (χ3v) is 7.50. The first kappa shape index (κ1) is 21.7. The fourth-order valence-corrected chi connectivity index (χ4v) is 5.54. The SMILES string of the molecule is Cc1ccc(-n2[nH]c(C)c(C3C([O-])C(C=C4N(C)c5ccccc5C4(C)C)C3[O-])c2=O)cc1. The molecule has 1 saturated carbocycles. The topological polar surface area (TPSA) is 87.2 Å². The molecule has 1 aliphatic carbocycles. The third-order valence-electron chi connectivity index (χ3n) is 7.50. The highest BCUT2D eigenvalue weighted by Crippen LogP contribution is 2.49. The Morgan fingerprint density at radius 2 is 1.64 bits per heavy atom. The second kappa shape index (κ2) is 7.47. The number of likely N-dealkylation sites (N-methyl/N-ethyl adjacent to an activating group) is 1. The van der Waals surface area contributed by atoms with Gasteiger partial charge in [0.15, 0.2) is 0 Å². The summed E-state index contributed by atoms with van der Waals surface area (Å²) >= 11 is 0. The molecule has 2 unspecified atom stereocenters. The van der Waals surface area contributed by atoms with Crippen LogP contribution in [0.1, 0.15) is 42.1 Å². The predicted molar refractivity (Wildman–Crippen MR) is 126 cm³/mol. The van der Waals surface area contributed by atoms with Gasteiger partial charge in [-0.15, -0.1) is 12.2 Å². The van der Waals surface area contributed by atoms with Crippen molar-refractivity contribution in [1.29, 1.82) is 0 Å². The summed E-state index contributed by atoms with van der Waals surface area (Å²) in [6.45, 7) is 7.98. The molecule has 1 aromatic heterocycles. The van der Waals surface area contributed by atoms with E-state index in [2.05, 4.69) is 36.0 Å². The summed E-state index contributed by atoms with van der Waals surface area (Å²) < 4.78 is 1.43. The molecule has 172 valence electrons. The summed E-state index contributed by atoms with van der Waals surface area (Å²) in [5.74, 6) is -1.51. The molecule has 0 saturated heterocycles. The number of rotatable bonds is 3. The van der Waals surface area contributed by atoms with E-state index in [0.717, 1.165) is 16.9 Å². The molecule has 5 rings (SSSR count). The molecule has 0 radical (unpaired) electrons. The quantitative estimate of drug-likeness (QED) is 0.673. The summed E-state index contributed by atoms with van der Waals surface area (Å²) in [7, 11) is 1.98. The van der Waals surface area contributed by atoms with Gasteiger partial charge in [0.1, 0.15) is 0 Å². The maximum Gasteiger partial charge on any atom is 0.274 e. The third kappa shape index (κ3) is 3.12. The highest BCUT2D eigenvalue weighted by atomic mass is 16.3. The summed E-state index contributed by atoms with van der Waals surface area (Å²) in [6.07, 6.45) is -0.435. The number of allylic oxidation sites excluding steroid dienone is 1. The Labute approximate surface area is 193 Å². The van der Waals surface area contributed by atoms with Crippen molar-refractivity contribution in [3.8, 4) is 5.69 Å². The molecular weight excluding hydrogens is 414 g/mol. The molecule has 0 amide bonds. The predicted octanol–water partition coefficient (Wildman–Crippen LogP) is 2.27. The number of para-hydroxylation sites is 1. The molecule has 1 fully saturated rings. The number of aromatic nitrogens is 2. The maximum atomic E-state index is 13.3. The van der Waals surface area contributed by atoms with Crippen LogP contribution >= 0.6 is 0 Å². The first-order valence-corrected chi connectivity index (χ1v) is 11.4. The van der Waals surface area contributed by atoms with Gasteiger partial charge in [-0.2, -0.15) is 0 Å². The van der Waals surface area contributed by atoms with E-state index in [1.54, 1.807) is 6.92 Å². The Hall–Kier alpha value is -3.09. The van der Waals surface area contributed by atoms with E-state index in [1.807, 2.05) is 56.4 Å². The Balaban J connectivity index is 1.46. The minimum Gasteiger partial charge on any atom is -0.851 e. The first-order valence-electron chi connectivity index (χ1n) is 11.4. The van der Waals surface area contributed by atoms with E-state index in [9.17, 15) is 15.0 Å². The van der Waals surface area contributed by atoms with E-state index in [1.165, 1.54) is 10.2 Å². The van der Waals surface area contributed by atoms with E-state index < -0.39 is 24.0 Å². The number of aryl methyl sites for hydroxylation is 2. The second-order valence-electron chi connectivity index (χ2n) is 9.91. The lowest BCUT2D eigenvalue weighted by molar-refractivity contribution is -0.543. The number of anilines is 1. The lowest BCUT2D eigenvalue weighted by atomic mass is 9.65. The fourth-order valence-electron chi connectivity index (χ4n) is 5.54. The van der Waals surface area contributed by atoms with E-state index in [-0.39, 0.29) is 11.0 Å². The van der Waals surface area contributed by atoms with Crippen LogP contribution in [0.5, 0.6) is 0 Å². The number of fused-ring (bicyclic) bond motifs is 1. The molecule has 6 nitrogen and oxygen atoms in total. The van der Waals surface area contributed by atoms with Crippen molar-refractivity contribution in [2.24, 2.45) is 5.92 Å². The van der Waals surface area contributed by atoms with Crippen molar-refractivity contribution in [3.05, 3.63) is 93.0 Å². The number of H-pyrrole nitrogens is 1. The van der Waals surface area contributed by atoms with Crippen LogP contribution in [0, 0.1) is 19.8 Å². The van der Waals surface area contributed by atoms with Gasteiger partial charge < -0.3 is 15.1 Å². The average molecular weight is 444 g/mol. The second-order valence-corrected chi connectivity index (χ2v) is 9.91. The highest BCUT2D eigenvalue weighted by molar-refractivity contribution is 5.69. The zero-order valence-corrected chi connectivity index (χ0v) is 19.6. The Morgan fingerprint density at radius 3 is 2.27 bits per heavy atom. The molecule has 2 aromatic carbocycles. The normalized spacial score (nSPS) is 27.0. The number of benzene rings is 2. The van der Waals surface area contributed by atoms with Gasteiger partial charge in [0.2, 0.25) is 0 Å². The van der Waals surface area contributed by atoms with Crippen LogP contribution in [0.25, 0.3) is 5.69 Å². The minimum absolute atomic E-state index is 0.294. The highest BCUT2D eigenvalue weighted by Gasteiger charge is 2.43. The van der Waals surface area contributed by atoms with Gasteiger partial charge in [0.25, 0.3) is 5.56 Å². The largest absolute Gasteiger partial charge is 0.851 e. The van der Waals surface area contributed by atoms with Crippen LogP contribution < -0.4 is 20.7 Å². The van der Waals surface area contributed by atoms with Gasteiger partial charge in [-0.1, -0.05) is 55.8 Å². The number of aromatic amines is 1. The number of hydrogen-bond acceptors (Lipinski definition) is 4. The van der Waals surface area contributed by atoms with Gasteiger partial charge in [-0.3, -0.25) is 9.89 Å². The zero-order valence-electron chi connectivity index (χ0n) is 19.6. The molecule has 1 aliphatic heterocycles. The van der Waals surface area contributed by atoms with Crippen molar-refractivity contribution in [1.82, 2.24) is 9.78 Å². The Morgan fingerprint density at radius 1 is 1.00 bits per heavy atom. The van der Waals surface area contributed by atoms with Crippen LogP contribution in [-0.4, -0.2) is 29.0 Å². The molecule has 2 atom stereocenters. The first-order chi connectivity index (χ1) is 15.6. The average Bonchev–Trinajstić information content (AvgIpc) is 3.18. The lowest BCUT2D eigenvalue weighted by Crippen LogP contribution is -2.65. The fraction of sp³-hybridized carbons (Fsp3) is 0.370. The lowest BCUT2D eigenvalue weighted by Gasteiger charge is -2.60. The minimum atomic E-state index is -1.15. The molecule has 0 spiro atoms. The van der Waals surface area contributed by atoms with E-state index in [4.69, 9.17) is 0 Å². The molecule has 0 bridgehead atoms. The van der Waals surface area contributed by atoms with E-state index >= 15 is 0 Å². The summed E-state index contributed by atoms with van der Waals surface area (Å²) in [6, 6.07) is 15.7. The van der Waals surface area contributed by atoms with Crippen LogP contribution in [0.3, 0.4) is 0 Å².